The average molecular weight is 394 g/mol. The van der Waals surface area contributed by atoms with Crippen molar-refractivity contribution in [3.8, 4) is 0 Å². The molecule has 1 saturated heterocycles. The van der Waals surface area contributed by atoms with Crippen LogP contribution in [-0.2, 0) is 11.3 Å². The van der Waals surface area contributed by atoms with Crippen molar-refractivity contribution >= 4 is 11.8 Å². The number of benzene rings is 2. The van der Waals surface area contributed by atoms with E-state index in [4.69, 9.17) is 0 Å². The summed E-state index contributed by atoms with van der Waals surface area (Å²) in [6.07, 6.45) is 0.326. The lowest BCUT2D eigenvalue weighted by atomic mass is 9.97. The number of nitrogens with one attached hydrogen (secondary N) is 1. The van der Waals surface area contributed by atoms with Gasteiger partial charge in [0.2, 0.25) is 5.91 Å². The Morgan fingerprint density at radius 2 is 1.69 bits per heavy atom. The van der Waals surface area contributed by atoms with Crippen molar-refractivity contribution in [3.63, 3.8) is 0 Å². The fourth-order valence-corrected chi connectivity index (χ4v) is 3.86. The molecular weight excluding hydrogens is 362 g/mol. The standard InChI is InChI=1S/C24H31N3O2/c1-19-9-7-8-12-21(19)23(29)25-14-13-22(28)26-15-16-27(24(2,3)18-26)17-20-10-5-4-6-11-20/h4-12H,13-18H2,1-3H3,(H,25,29). The number of amides is 2. The van der Waals surface area contributed by atoms with E-state index in [0.29, 0.717) is 25.1 Å². The second kappa shape index (κ2) is 9.23. The van der Waals surface area contributed by atoms with Gasteiger partial charge < -0.3 is 10.2 Å². The van der Waals surface area contributed by atoms with E-state index >= 15 is 0 Å². The van der Waals surface area contributed by atoms with E-state index in [2.05, 4.69) is 48.3 Å². The van der Waals surface area contributed by atoms with Gasteiger partial charge in [0, 0.05) is 50.2 Å². The topological polar surface area (TPSA) is 52.7 Å². The molecule has 1 N–H and O–H groups in total. The third kappa shape index (κ3) is 5.45. The monoisotopic (exact) mass is 393 g/mol. The Bertz CT molecular complexity index is 848. The number of hydrogen-bond acceptors (Lipinski definition) is 3. The molecule has 0 saturated carbocycles. The lowest BCUT2D eigenvalue weighted by Crippen LogP contribution is -2.60. The first-order valence-electron chi connectivity index (χ1n) is 10.3. The van der Waals surface area contributed by atoms with Gasteiger partial charge in [0.05, 0.1) is 0 Å². The minimum absolute atomic E-state index is 0.0891. The molecule has 3 rings (SSSR count). The molecule has 0 aromatic heterocycles. The highest BCUT2D eigenvalue weighted by Gasteiger charge is 2.35. The minimum atomic E-state index is -0.121. The van der Waals surface area contributed by atoms with Crippen LogP contribution < -0.4 is 5.32 Å². The van der Waals surface area contributed by atoms with Crippen LogP contribution in [0.25, 0.3) is 0 Å². The van der Waals surface area contributed by atoms with Gasteiger partial charge in [-0.3, -0.25) is 14.5 Å². The summed E-state index contributed by atoms with van der Waals surface area (Å²) >= 11 is 0. The maximum absolute atomic E-state index is 12.7. The maximum atomic E-state index is 12.7. The molecule has 1 aliphatic heterocycles. The zero-order valence-electron chi connectivity index (χ0n) is 17.6. The van der Waals surface area contributed by atoms with Gasteiger partial charge in [0.1, 0.15) is 0 Å². The van der Waals surface area contributed by atoms with Crippen molar-refractivity contribution in [2.24, 2.45) is 0 Å². The molecule has 0 spiro atoms. The third-order valence-electron chi connectivity index (χ3n) is 5.66. The second-order valence-corrected chi connectivity index (χ2v) is 8.36. The van der Waals surface area contributed by atoms with Gasteiger partial charge >= 0.3 is 0 Å². The zero-order valence-corrected chi connectivity index (χ0v) is 17.6. The predicted octanol–water partition coefficient (Wildman–Crippen LogP) is 3.24. The molecule has 2 aromatic rings. The Morgan fingerprint density at radius 3 is 2.38 bits per heavy atom. The van der Waals surface area contributed by atoms with Crippen LogP contribution in [0.3, 0.4) is 0 Å². The summed E-state index contributed by atoms with van der Waals surface area (Å²) in [6.45, 7) is 9.81. The van der Waals surface area contributed by atoms with E-state index in [1.54, 1.807) is 6.07 Å². The molecule has 29 heavy (non-hydrogen) atoms. The van der Waals surface area contributed by atoms with Crippen molar-refractivity contribution in [3.05, 3.63) is 71.3 Å². The molecule has 154 valence electrons. The number of hydrogen-bond donors (Lipinski definition) is 1. The predicted molar refractivity (Wildman–Crippen MR) is 116 cm³/mol. The summed E-state index contributed by atoms with van der Waals surface area (Å²) in [6, 6.07) is 17.9. The van der Waals surface area contributed by atoms with Crippen LogP contribution in [0.4, 0.5) is 0 Å². The van der Waals surface area contributed by atoms with Gasteiger partial charge in [-0.1, -0.05) is 48.5 Å². The molecule has 1 aliphatic rings. The van der Waals surface area contributed by atoms with Crippen LogP contribution in [0, 0.1) is 6.92 Å². The van der Waals surface area contributed by atoms with Gasteiger partial charge in [0.25, 0.3) is 5.91 Å². The van der Waals surface area contributed by atoms with Crippen LogP contribution >= 0.6 is 0 Å². The first-order chi connectivity index (χ1) is 13.9. The highest BCUT2D eigenvalue weighted by molar-refractivity contribution is 5.95. The number of aryl methyl sites for hydroxylation is 1. The van der Waals surface area contributed by atoms with E-state index in [9.17, 15) is 9.59 Å². The highest BCUT2D eigenvalue weighted by atomic mass is 16.2. The molecule has 0 radical (unpaired) electrons. The first-order valence-corrected chi connectivity index (χ1v) is 10.3. The fraction of sp³-hybridized carbons (Fsp3) is 0.417. The van der Waals surface area contributed by atoms with Gasteiger partial charge in [0.15, 0.2) is 0 Å². The largest absolute Gasteiger partial charge is 0.352 e. The number of nitrogens with zero attached hydrogens (tertiary/aromatic N) is 2. The quantitative estimate of drug-likeness (QED) is 0.820. The summed E-state index contributed by atoms with van der Waals surface area (Å²) < 4.78 is 0. The van der Waals surface area contributed by atoms with Crippen LogP contribution in [0.5, 0.6) is 0 Å². The van der Waals surface area contributed by atoms with Crippen molar-refractivity contribution in [2.45, 2.75) is 39.3 Å². The van der Waals surface area contributed by atoms with E-state index in [1.165, 1.54) is 5.56 Å². The molecule has 0 unspecified atom stereocenters. The summed E-state index contributed by atoms with van der Waals surface area (Å²) in [5.74, 6) is -0.0218. The van der Waals surface area contributed by atoms with Crippen LogP contribution in [0.2, 0.25) is 0 Å². The van der Waals surface area contributed by atoms with Crippen molar-refractivity contribution < 1.29 is 9.59 Å². The normalized spacial score (nSPS) is 16.4. The van der Waals surface area contributed by atoms with Crippen molar-refractivity contribution in [1.82, 2.24) is 15.1 Å². The van der Waals surface area contributed by atoms with Crippen LogP contribution in [-0.4, -0.2) is 53.3 Å². The van der Waals surface area contributed by atoms with Gasteiger partial charge in [-0.25, -0.2) is 0 Å². The van der Waals surface area contributed by atoms with Gasteiger partial charge in [-0.05, 0) is 38.0 Å². The van der Waals surface area contributed by atoms with Gasteiger partial charge in [-0.15, -0.1) is 0 Å². The van der Waals surface area contributed by atoms with Crippen LogP contribution in [0.1, 0.15) is 41.8 Å². The van der Waals surface area contributed by atoms with Crippen LogP contribution in [0.15, 0.2) is 54.6 Å². The van der Waals surface area contributed by atoms with E-state index < -0.39 is 0 Å². The molecule has 2 amide bonds. The molecule has 1 fully saturated rings. The molecule has 2 aromatic carbocycles. The Morgan fingerprint density at radius 1 is 1.00 bits per heavy atom. The van der Waals surface area contributed by atoms with Crippen molar-refractivity contribution in [2.75, 3.05) is 26.2 Å². The summed E-state index contributed by atoms with van der Waals surface area (Å²) in [7, 11) is 0. The summed E-state index contributed by atoms with van der Waals surface area (Å²) in [5.41, 5.74) is 2.80. The molecule has 1 heterocycles. The molecule has 0 bridgehead atoms. The maximum Gasteiger partial charge on any atom is 0.251 e. The fourth-order valence-electron chi connectivity index (χ4n) is 3.86. The smallest absolute Gasteiger partial charge is 0.251 e. The Balaban J connectivity index is 1.48. The number of piperazine rings is 1. The SMILES string of the molecule is Cc1ccccc1C(=O)NCCC(=O)N1CCN(Cc2ccccc2)C(C)(C)C1. The van der Waals surface area contributed by atoms with Gasteiger partial charge in [-0.2, -0.15) is 0 Å². The summed E-state index contributed by atoms with van der Waals surface area (Å²) in [4.78, 5) is 29.4. The van der Waals surface area contributed by atoms with E-state index in [0.717, 1.165) is 25.2 Å². The summed E-state index contributed by atoms with van der Waals surface area (Å²) in [5, 5.41) is 2.88. The Labute approximate surface area is 173 Å². The number of carbonyl (C=O) groups is 2. The average Bonchev–Trinajstić information content (AvgIpc) is 2.70. The Kier molecular flexibility index (Phi) is 6.70. The molecule has 0 atom stereocenters. The highest BCUT2D eigenvalue weighted by Crippen LogP contribution is 2.23. The number of carbonyl (C=O) groups excluding carboxylic acids is 2. The van der Waals surface area contributed by atoms with E-state index in [-0.39, 0.29) is 17.4 Å². The first kappa shape index (κ1) is 21.1. The van der Waals surface area contributed by atoms with Crippen molar-refractivity contribution in [1.29, 1.82) is 0 Å². The third-order valence-corrected chi connectivity index (χ3v) is 5.66. The number of rotatable bonds is 6. The molecule has 0 aliphatic carbocycles. The molecule has 5 nitrogen and oxygen atoms in total. The lowest BCUT2D eigenvalue weighted by Gasteiger charge is -2.47. The molecular formula is C24H31N3O2. The second-order valence-electron chi connectivity index (χ2n) is 8.36. The Hall–Kier alpha value is -2.66. The molecule has 5 heteroatoms. The van der Waals surface area contributed by atoms with E-state index in [1.807, 2.05) is 36.1 Å². The lowest BCUT2D eigenvalue weighted by molar-refractivity contribution is -0.136. The minimum Gasteiger partial charge on any atom is -0.352 e. The zero-order chi connectivity index (χ0) is 20.9.